The summed E-state index contributed by atoms with van der Waals surface area (Å²) < 4.78 is 26.4. The molecular formula is C19H22F2N2. The van der Waals surface area contributed by atoms with Gasteiger partial charge in [0.2, 0.25) is 5.92 Å². The van der Waals surface area contributed by atoms with Crippen LogP contribution in [-0.2, 0) is 0 Å². The van der Waals surface area contributed by atoms with Gasteiger partial charge in [0.05, 0.1) is 5.52 Å². The topological polar surface area (TPSA) is 24.9 Å². The van der Waals surface area contributed by atoms with Gasteiger partial charge >= 0.3 is 0 Å². The number of pyridine rings is 1. The Morgan fingerprint density at radius 2 is 2.04 bits per heavy atom. The number of halogens is 2. The third-order valence-corrected chi connectivity index (χ3v) is 4.74. The molecule has 1 aliphatic rings. The van der Waals surface area contributed by atoms with E-state index >= 15 is 0 Å². The van der Waals surface area contributed by atoms with Gasteiger partial charge in [-0.3, -0.25) is 4.98 Å². The van der Waals surface area contributed by atoms with Gasteiger partial charge in [-0.25, -0.2) is 8.78 Å². The minimum absolute atomic E-state index is 0.00301. The lowest BCUT2D eigenvalue weighted by Gasteiger charge is -2.29. The van der Waals surface area contributed by atoms with Crippen molar-refractivity contribution < 1.29 is 8.78 Å². The highest BCUT2D eigenvalue weighted by Gasteiger charge is 2.34. The highest BCUT2D eigenvalue weighted by atomic mass is 19.3. The summed E-state index contributed by atoms with van der Waals surface area (Å²) in [6, 6.07) is 8.00. The molecule has 1 fully saturated rings. The quantitative estimate of drug-likeness (QED) is 0.865. The van der Waals surface area contributed by atoms with E-state index in [-0.39, 0.29) is 12.8 Å². The van der Waals surface area contributed by atoms with Crippen LogP contribution in [0.25, 0.3) is 16.6 Å². The lowest BCUT2D eigenvalue weighted by Crippen LogP contribution is -2.30. The van der Waals surface area contributed by atoms with Crippen molar-refractivity contribution in [2.45, 2.75) is 38.5 Å². The number of hydrogen-bond acceptors (Lipinski definition) is 2. The summed E-state index contributed by atoms with van der Waals surface area (Å²) in [4.78, 5) is 4.38. The lowest BCUT2D eigenvalue weighted by molar-refractivity contribution is -0.0451. The van der Waals surface area contributed by atoms with Gasteiger partial charge in [-0.1, -0.05) is 18.7 Å². The predicted octanol–water partition coefficient (Wildman–Crippen LogP) is 4.93. The Bertz CT molecular complexity index is 714. The number of aryl methyl sites for hydroxylation is 1. The molecule has 1 heterocycles. The van der Waals surface area contributed by atoms with E-state index in [2.05, 4.69) is 23.8 Å². The Labute approximate surface area is 135 Å². The van der Waals surface area contributed by atoms with Crippen molar-refractivity contribution in [2.75, 3.05) is 6.54 Å². The number of hydrogen-bond donors (Lipinski definition) is 1. The van der Waals surface area contributed by atoms with E-state index < -0.39 is 5.92 Å². The van der Waals surface area contributed by atoms with E-state index in [1.165, 1.54) is 0 Å². The van der Waals surface area contributed by atoms with Crippen LogP contribution in [0.3, 0.4) is 0 Å². The molecule has 0 spiro atoms. The zero-order valence-corrected chi connectivity index (χ0v) is 13.4. The van der Waals surface area contributed by atoms with Crippen LogP contribution in [0.4, 0.5) is 8.78 Å². The second kappa shape index (κ2) is 6.26. The monoisotopic (exact) mass is 316 g/mol. The molecule has 2 nitrogen and oxygen atoms in total. The first-order valence-corrected chi connectivity index (χ1v) is 8.11. The van der Waals surface area contributed by atoms with Crippen molar-refractivity contribution in [2.24, 2.45) is 5.92 Å². The first-order valence-electron chi connectivity index (χ1n) is 8.11. The fourth-order valence-electron chi connectivity index (χ4n) is 3.32. The number of nitrogens with one attached hydrogen (secondary N) is 1. The van der Waals surface area contributed by atoms with Gasteiger partial charge in [0.15, 0.2) is 0 Å². The number of benzene rings is 1. The smallest absolute Gasteiger partial charge is 0.248 e. The molecule has 0 atom stereocenters. The molecule has 1 aromatic heterocycles. The Balaban J connectivity index is 1.71. The summed E-state index contributed by atoms with van der Waals surface area (Å²) in [6.07, 6.45) is 2.93. The van der Waals surface area contributed by atoms with Gasteiger partial charge < -0.3 is 5.32 Å². The largest absolute Gasteiger partial charge is 0.385 e. The zero-order valence-electron chi connectivity index (χ0n) is 13.4. The standard InChI is InChI=1S/C19H22F2N2/c1-13-5-6-17-16(4-3-11-22-17)18(13)14(2)23-12-15-7-9-19(20,21)10-8-15/h3-6,11,15,23H,2,7-10,12H2,1H3. The maximum atomic E-state index is 13.2. The molecule has 0 unspecified atom stereocenters. The molecule has 4 heteroatoms. The Kier molecular flexibility index (Phi) is 4.33. The van der Waals surface area contributed by atoms with Crippen molar-refractivity contribution in [3.05, 3.63) is 48.2 Å². The summed E-state index contributed by atoms with van der Waals surface area (Å²) >= 11 is 0. The molecule has 23 heavy (non-hydrogen) atoms. The van der Waals surface area contributed by atoms with E-state index in [0.29, 0.717) is 25.3 Å². The van der Waals surface area contributed by atoms with Gasteiger partial charge in [-0.2, -0.15) is 0 Å². The second-order valence-electron chi connectivity index (χ2n) is 6.49. The first kappa shape index (κ1) is 15.9. The molecule has 3 rings (SSSR count). The van der Waals surface area contributed by atoms with E-state index in [4.69, 9.17) is 0 Å². The highest BCUT2D eigenvalue weighted by Crippen LogP contribution is 2.36. The highest BCUT2D eigenvalue weighted by molar-refractivity contribution is 5.92. The van der Waals surface area contributed by atoms with E-state index in [9.17, 15) is 8.78 Å². The van der Waals surface area contributed by atoms with Gasteiger partial charge in [0.25, 0.3) is 0 Å². The summed E-state index contributed by atoms with van der Waals surface area (Å²) in [7, 11) is 0. The van der Waals surface area contributed by atoms with Crippen LogP contribution in [-0.4, -0.2) is 17.5 Å². The maximum Gasteiger partial charge on any atom is 0.248 e. The molecule has 1 aromatic carbocycles. The number of fused-ring (bicyclic) bond motifs is 1. The fourth-order valence-corrected chi connectivity index (χ4v) is 3.32. The van der Waals surface area contributed by atoms with Crippen LogP contribution >= 0.6 is 0 Å². The molecule has 1 N–H and O–H groups in total. The molecule has 0 aliphatic heterocycles. The van der Waals surface area contributed by atoms with Crippen LogP contribution in [0.5, 0.6) is 0 Å². The van der Waals surface area contributed by atoms with Crippen LogP contribution in [0.2, 0.25) is 0 Å². The van der Waals surface area contributed by atoms with Crippen molar-refractivity contribution >= 4 is 16.6 Å². The van der Waals surface area contributed by atoms with Crippen molar-refractivity contribution in [1.82, 2.24) is 10.3 Å². The molecule has 0 radical (unpaired) electrons. The molecular weight excluding hydrogens is 294 g/mol. The van der Waals surface area contributed by atoms with Gasteiger partial charge in [0, 0.05) is 42.2 Å². The summed E-state index contributed by atoms with van der Waals surface area (Å²) in [6.45, 7) is 6.91. The predicted molar refractivity (Wildman–Crippen MR) is 90.4 cm³/mol. The van der Waals surface area contributed by atoms with Gasteiger partial charge in [-0.15, -0.1) is 0 Å². The van der Waals surface area contributed by atoms with Crippen molar-refractivity contribution in [3.63, 3.8) is 0 Å². The summed E-state index contributed by atoms with van der Waals surface area (Å²) in [5.41, 5.74) is 3.99. The third-order valence-electron chi connectivity index (χ3n) is 4.74. The fraction of sp³-hybridized carbons (Fsp3) is 0.421. The first-order chi connectivity index (χ1) is 11.0. The van der Waals surface area contributed by atoms with Crippen LogP contribution < -0.4 is 5.32 Å². The van der Waals surface area contributed by atoms with E-state index in [0.717, 1.165) is 27.7 Å². The van der Waals surface area contributed by atoms with Crippen molar-refractivity contribution in [1.29, 1.82) is 0 Å². The van der Waals surface area contributed by atoms with Crippen LogP contribution in [0.1, 0.15) is 36.8 Å². The zero-order chi connectivity index (χ0) is 16.4. The molecule has 0 saturated heterocycles. The normalized spacial score (nSPS) is 18.0. The number of rotatable bonds is 4. The molecule has 122 valence electrons. The van der Waals surface area contributed by atoms with Gasteiger partial charge in [-0.05, 0) is 43.4 Å². The molecule has 1 saturated carbocycles. The van der Waals surface area contributed by atoms with Crippen LogP contribution in [0.15, 0.2) is 37.0 Å². The van der Waals surface area contributed by atoms with E-state index in [1.807, 2.05) is 24.3 Å². The number of alkyl halides is 2. The Morgan fingerprint density at radius 1 is 1.30 bits per heavy atom. The average molecular weight is 316 g/mol. The summed E-state index contributed by atoms with van der Waals surface area (Å²) in [5, 5.41) is 4.43. The minimum atomic E-state index is -2.47. The second-order valence-corrected chi connectivity index (χ2v) is 6.49. The van der Waals surface area contributed by atoms with E-state index in [1.54, 1.807) is 6.20 Å². The molecule has 0 amide bonds. The molecule has 2 aromatic rings. The lowest BCUT2D eigenvalue weighted by atomic mass is 9.86. The minimum Gasteiger partial charge on any atom is -0.385 e. The summed E-state index contributed by atoms with van der Waals surface area (Å²) in [5.74, 6) is -2.18. The van der Waals surface area contributed by atoms with Crippen LogP contribution in [0, 0.1) is 12.8 Å². The maximum absolute atomic E-state index is 13.2. The van der Waals surface area contributed by atoms with Gasteiger partial charge in [0.1, 0.15) is 0 Å². The Morgan fingerprint density at radius 3 is 2.78 bits per heavy atom. The van der Waals surface area contributed by atoms with Crippen molar-refractivity contribution in [3.8, 4) is 0 Å². The molecule has 1 aliphatic carbocycles. The molecule has 0 bridgehead atoms. The average Bonchev–Trinajstić information content (AvgIpc) is 2.53. The number of nitrogens with zero attached hydrogens (tertiary/aromatic N) is 1. The Hall–Kier alpha value is -1.97. The number of aromatic nitrogens is 1. The third kappa shape index (κ3) is 3.52. The SMILES string of the molecule is C=C(NCC1CCC(F)(F)CC1)c1c(C)ccc2ncccc12.